The highest BCUT2D eigenvalue weighted by atomic mass is 32.2. The summed E-state index contributed by atoms with van der Waals surface area (Å²) in [5.74, 6) is -6.14. The van der Waals surface area contributed by atoms with E-state index in [4.69, 9.17) is 47.4 Å². The Balaban J connectivity index is 1.44. The molecule has 25 atom stereocenters. The van der Waals surface area contributed by atoms with Crippen molar-refractivity contribution in [3.8, 4) is 0 Å². The summed E-state index contributed by atoms with van der Waals surface area (Å²) in [5, 5.41) is 157. The molecule has 15 N–H and O–H groups in total. The van der Waals surface area contributed by atoms with Crippen LogP contribution in [0, 0.1) is 0 Å². The highest BCUT2D eigenvalue weighted by Gasteiger charge is 2.59. The van der Waals surface area contributed by atoms with E-state index in [0.717, 1.165) is 19.1 Å². The smallest absolute Gasteiger partial charge is 0.241 e. The molecule has 5 aliphatic heterocycles. The second kappa shape index (κ2) is 25.7. The molecule has 0 spiro atoms. The number of rotatable bonds is 21. The van der Waals surface area contributed by atoms with E-state index in [1.165, 1.54) is 32.0 Å². The molecule has 0 radical (unpaired) electrons. The maximum Gasteiger partial charge on any atom is 0.241 e. The lowest BCUT2D eigenvalue weighted by Gasteiger charge is -2.53. The Labute approximate surface area is 422 Å². The largest absolute Gasteiger partial charge is 0.544 e. The average Bonchev–Trinajstić information content (AvgIpc) is 3.36. The first kappa shape index (κ1) is 60.4. The summed E-state index contributed by atoms with van der Waals surface area (Å²) in [7, 11) is -4.82. The second-order valence-corrected chi connectivity index (χ2v) is 20.1. The summed E-state index contributed by atoms with van der Waals surface area (Å²) in [6.07, 6.45) is -44.4. The number of nitrogens with one attached hydrogen (secondary N) is 2. The Hall–Kier alpha value is -2.85. The van der Waals surface area contributed by atoms with E-state index < -0.39 is 219 Å². The number of carbonyl (C=O) groups is 2. The van der Waals surface area contributed by atoms with Crippen LogP contribution in [-0.4, -0.2) is 273 Å². The summed E-state index contributed by atoms with van der Waals surface area (Å²) >= 11 is 0. The van der Waals surface area contributed by atoms with Gasteiger partial charge in [-0.15, -0.1) is 0 Å². The quantitative estimate of drug-likeness (QED) is 0.0543. The Bertz CT molecular complexity index is 2070. The van der Waals surface area contributed by atoms with Crippen LogP contribution >= 0.6 is 0 Å². The van der Waals surface area contributed by atoms with Crippen LogP contribution in [0.15, 0.2) is 35.2 Å². The number of aliphatic hydroxyl groups is 13. The summed E-state index contributed by atoms with van der Waals surface area (Å²) in [6, 6.07) is 2.98. The molecular formula is C43H67N2O28S-. The van der Waals surface area contributed by atoms with E-state index in [1.54, 1.807) is 0 Å². The van der Waals surface area contributed by atoms with Crippen LogP contribution in [0.3, 0.4) is 0 Å². The molecule has 74 heavy (non-hydrogen) atoms. The van der Waals surface area contributed by atoms with E-state index in [9.17, 15) is 89.5 Å². The number of carboxylic acids is 1. The fraction of sp³-hybridized carbons (Fsp3) is 0.814. The van der Waals surface area contributed by atoms with Crippen LogP contribution in [0.1, 0.15) is 33.6 Å². The third kappa shape index (κ3) is 13.2. The number of hydrogen-bond acceptors (Lipinski definition) is 28. The van der Waals surface area contributed by atoms with Crippen molar-refractivity contribution in [2.75, 3.05) is 33.0 Å². The van der Waals surface area contributed by atoms with Gasteiger partial charge in [0.05, 0.1) is 61.8 Å². The van der Waals surface area contributed by atoms with Crippen molar-refractivity contribution in [1.82, 2.24) is 10.0 Å². The average molecular weight is 1090 g/mol. The van der Waals surface area contributed by atoms with Crippen molar-refractivity contribution in [2.24, 2.45) is 0 Å². The van der Waals surface area contributed by atoms with Crippen molar-refractivity contribution >= 4 is 21.9 Å². The lowest BCUT2D eigenvalue weighted by Crippen LogP contribution is -2.72. The van der Waals surface area contributed by atoms with Crippen LogP contribution in [-0.2, 0) is 67.0 Å². The fourth-order valence-corrected chi connectivity index (χ4v) is 10.6. The number of amides is 1. The van der Waals surface area contributed by atoms with Crippen molar-refractivity contribution in [3.63, 3.8) is 0 Å². The first-order chi connectivity index (χ1) is 34.9. The zero-order valence-corrected chi connectivity index (χ0v) is 40.9. The number of hydrogen-bond donors (Lipinski definition) is 15. The van der Waals surface area contributed by atoms with E-state index in [2.05, 4.69) is 10.0 Å². The summed E-state index contributed by atoms with van der Waals surface area (Å²) < 4.78 is 89.7. The van der Waals surface area contributed by atoms with Gasteiger partial charge in [0.25, 0.3) is 0 Å². The first-order valence-corrected chi connectivity index (χ1v) is 25.1. The molecule has 0 aliphatic carbocycles. The molecule has 0 bridgehead atoms. The maximum atomic E-state index is 14.3. The van der Waals surface area contributed by atoms with Crippen molar-refractivity contribution < 1.29 is 137 Å². The Kier molecular flexibility index (Phi) is 21.0. The number of carbonyl (C=O) groups excluding carboxylic acids is 2. The summed E-state index contributed by atoms with van der Waals surface area (Å²) in [6.45, 7) is -0.283. The summed E-state index contributed by atoms with van der Waals surface area (Å²) in [4.78, 5) is 24.7. The van der Waals surface area contributed by atoms with Crippen LogP contribution < -0.4 is 15.1 Å². The molecule has 1 aromatic carbocycles. The molecule has 424 valence electrons. The van der Waals surface area contributed by atoms with Crippen LogP contribution in [0.4, 0.5) is 0 Å². The Morgan fingerprint density at radius 3 is 1.84 bits per heavy atom. The number of carboxylic acid groups (broad SMARTS) is 1. The van der Waals surface area contributed by atoms with E-state index in [-0.39, 0.29) is 6.61 Å². The zero-order valence-electron chi connectivity index (χ0n) is 40.0. The zero-order chi connectivity index (χ0) is 54.6. The molecule has 0 saturated carbocycles. The van der Waals surface area contributed by atoms with Crippen molar-refractivity contribution in [1.29, 1.82) is 0 Å². The molecule has 30 nitrogen and oxygen atoms in total. The maximum absolute atomic E-state index is 14.3. The number of sulfonamides is 1. The van der Waals surface area contributed by atoms with Crippen LogP contribution in [0.2, 0.25) is 0 Å². The molecule has 5 heterocycles. The lowest BCUT2D eigenvalue weighted by molar-refractivity contribution is -0.411. The van der Waals surface area contributed by atoms with Gasteiger partial charge >= 0.3 is 0 Å². The number of aliphatic carboxylic acids is 1. The molecule has 0 aromatic heterocycles. The standard InChI is InChI=1S/C43H68N2O28S/c1-4-64-39-32(58)36(28(54)22(13-47)66-39)71-38-26(45-74(62,63)19-8-6-5-7-9-19)35(70-40-31(57)30(56)27(53)16(2)65-40)34(24(15-49)68-38)69-41-33(59)37(29(55)23(14-48)67-41)73-43(42(60)61)11-20(52)25(44-17(3)50)21(72-43)10-18(51)12-46/h5-9,16,18,20-41,45-49,51-59H,4,10-15H2,1-3H3,(H,44,50)(H,60,61)/p-1/t16?,18-,20?,21?,22?,23?,24?,25-,26?,27+,28+,29-,30?,31?,32?,33?,34+,35?,36?,37?,38+,39-,40+,41-,43-/m1/s1. The monoisotopic (exact) mass is 1090 g/mol. The minimum atomic E-state index is -4.82. The molecule has 1 aromatic rings. The fourth-order valence-electron chi connectivity index (χ4n) is 9.33. The second-order valence-electron chi connectivity index (χ2n) is 18.4. The molecule has 5 fully saturated rings. The van der Waals surface area contributed by atoms with E-state index in [1.807, 2.05) is 0 Å². The van der Waals surface area contributed by atoms with E-state index in [0.29, 0.717) is 0 Å². The van der Waals surface area contributed by atoms with Gasteiger partial charge in [0.1, 0.15) is 97.5 Å². The highest BCUT2D eigenvalue weighted by molar-refractivity contribution is 7.89. The van der Waals surface area contributed by atoms with Gasteiger partial charge < -0.3 is 129 Å². The molecule has 14 unspecified atom stereocenters. The van der Waals surface area contributed by atoms with Gasteiger partial charge in [0.15, 0.2) is 25.2 Å². The molecule has 6 rings (SSSR count). The van der Waals surface area contributed by atoms with Gasteiger partial charge in [-0.05, 0) is 26.0 Å². The lowest BCUT2D eigenvalue weighted by atomic mass is 9.89. The van der Waals surface area contributed by atoms with Crippen molar-refractivity contribution in [2.45, 2.75) is 191 Å². The first-order valence-electron chi connectivity index (χ1n) is 23.6. The van der Waals surface area contributed by atoms with Gasteiger partial charge in [-0.25, -0.2) is 13.1 Å². The molecule has 5 saturated heterocycles. The minimum absolute atomic E-state index is 0.0705. The molecule has 5 aliphatic rings. The molecule has 31 heteroatoms. The normalized spacial score (nSPS) is 43.6. The minimum Gasteiger partial charge on any atom is -0.544 e. The third-order valence-corrected chi connectivity index (χ3v) is 14.7. The number of ether oxygens (including phenoxy) is 10. The predicted molar refractivity (Wildman–Crippen MR) is 234 cm³/mol. The Morgan fingerprint density at radius 1 is 0.703 bits per heavy atom. The van der Waals surface area contributed by atoms with Gasteiger partial charge in [-0.1, -0.05) is 18.2 Å². The molecule has 1 amide bonds. The van der Waals surface area contributed by atoms with Crippen LogP contribution in [0.25, 0.3) is 0 Å². The SMILES string of the molecule is CCO[C@@H]1OC(CO)[C@H](O)C(O[C@@H]2OC(CO)[C@H](O[C@H]3OC(CO)[C@@H](O)C(O[C@@]4(C(=O)[O-])CC(O)[C@@H](NC(C)=O)C(C[C@@H](O)CO)O4)C3O)C(O[C@@H]3OC(C)[C@H](O)C(O)C3O)C2NS(=O)(=O)c2ccccc2)C1O. The topological polar surface area (TPSA) is 471 Å². The van der Waals surface area contributed by atoms with Gasteiger partial charge in [-0.3, -0.25) is 4.79 Å². The van der Waals surface area contributed by atoms with Gasteiger partial charge in [0, 0.05) is 26.4 Å². The predicted octanol–water partition coefficient (Wildman–Crippen LogP) is -9.82. The van der Waals surface area contributed by atoms with Crippen molar-refractivity contribution in [3.05, 3.63) is 30.3 Å². The number of benzene rings is 1. The number of aliphatic hydroxyl groups excluding tert-OH is 13. The molecular weight excluding hydrogens is 1020 g/mol. The third-order valence-electron chi connectivity index (χ3n) is 13.2. The van der Waals surface area contributed by atoms with Gasteiger partial charge in [-0.2, -0.15) is 0 Å². The Morgan fingerprint density at radius 2 is 1.26 bits per heavy atom. The van der Waals surface area contributed by atoms with Crippen LogP contribution in [0.5, 0.6) is 0 Å². The van der Waals surface area contributed by atoms with E-state index >= 15 is 0 Å². The summed E-state index contributed by atoms with van der Waals surface area (Å²) in [5.41, 5.74) is 0. The van der Waals surface area contributed by atoms with Gasteiger partial charge in [0.2, 0.25) is 21.7 Å². The highest BCUT2D eigenvalue weighted by Crippen LogP contribution is 2.40.